The van der Waals surface area contributed by atoms with Gasteiger partial charge in [-0.25, -0.2) is 0 Å². The van der Waals surface area contributed by atoms with Crippen molar-refractivity contribution in [3.63, 3.8) is 0 Å². The molecule has 8 heteroatoms. The Kier molecular flexibility index (Phi) is 15.7. The zero-order valence-corrected chi connectivity index (χ0v) is 57.1. The van der Waals surface area contributed by atoms with Crippen molar-refractivity contribution in [2.45, 2.75) is 13.8 Å². The van der Waals surface area contributed by atoms with Crippen LogP contribution in [0, 0.1) is 13.8 Å². The van der Waals surface area contributed by atoms with Gasteiger partial charge in [-0.2, -0.15) is 0 Å². The first-order valence-electron chi connectivity index (χ1n) is 34.1. The number of para-hydroxylation sites is 3. The first kappa shape index (κ1) is 61.7. The fourth-order valence-corrected chi connectivity index (χ4v) is 15.4. The van der Waals surface area contributed by atoms with Gasteiger partial charge in [-0.1, -0.05) is 211 Å². The van der Waals surface area contributed by atoms with E-state index in [1.54, 1.807) is 0 Å². The Labute approximate surface area is 600 Å². The van der Waals surface area contributed by atoms with Gasteiger partial charge in [-0.3, -0.25) is 19.9 Å². The zero-order valence-electron chi connectivity index (χ0n) is 55.5. The molecule has 0 aliphatic carbocycles. The van der Waals surface area contributed by atoms with E-state index in [1.165, 1.54) is 0 Å². The summed E-state index contributed by atoms with van der Waals surface area (Å²) in [4.78, 5) is 19.6. The van der Waals surface area contributed by atoms with Crippen LogP contribution in [-0.4, -0.2) is 19.9 Å². The number of nitrogens with zero attached hydrogens (tertiary/aromatic N) is 4. The molecule has 0 atom stereocenters. The summed E-state index contributed by atoms with van der Waals surface area (Å²) in [6.45, 7) is 4.35. The summed E-state index contributed by atoms with van der Waals surface area (Å²) >= 11 is 14.5. The second kappa shape index (κ2) is 25.9. The largest absolute Gasteiger partial charge is 0.455 e. The fourth-order valence-electron chi connectivity index (χ4n) is 14.9. The van der Waals surface area contributed by atoms with Crippen molar-refractivity contribution in [1.82, 2.24) is 19.9 Å². The summed E-state index contributed by atoms with van der Waals surface area (Å²) in [7, 11) is 0. The Balaban J connectivity index is 0.683. The highest BCUT2D eigenvalue weighted by Crippen LogP contribution is 2.47. The molecule has 6 aromatic heterocycles. The summed E-state index contributed by atoms with van der Waals surface area (Å²) < 4.78 is 13.4. The second-order valence-electron chi connectivity index (χ2n) is 26.0. The highest BCUT2D eigenvalue weighted by molar-refractivity contribution is 6.32. The van der Waals surface area contributed by atoms with Crippen LogP contribution in [0.15, 0.2) is 337 Å². The van der Waals surface area contributed by atoms with Crippen LogP contribution in [0.1, 0.15) is 11.1 Å². The van der Waals surface area contributed by atoms with E-state index >= 15 is 0 Å². The van der Waals surface area contributed by atoms with Gasteiger partial charge >= 0.3 is 0 Å². The molecule has 0 radical (unpaired) electrons. The first-order chi connectivity index (χ1) is 50.2. The van der Waals surface area contributed by atoms with E-state index < -0.39 is 0 Å². The average Bonchev–Trinajstić information content (AvgIpc) is 1.54. The van der Waals surface area contributed by atoms with Gasteiger partial charge in [0.1, 0.15) is 22.3 Å². The number of hydrogen-bond donors (Lipinski definition) is 0. The second-order valence-corrected chi connectivity index (χ2v) is 26.8. The van der Waals surface area contributed by atoms with Crippen LogP contribution < -0.4 is 0 Å². The minimum atomic E-state index is 0.633. The summed E-state index contributed by atoms with van der Waals surface area (Å²) in [5, 5.41) is 5.45. The van der Waals surface area contributed by atoms with Crippen molar-refractivity contribution in [3.05, 3.63) is 349 Å². The van der Waals surface area contributed by atoms with Crippen LogP contribution in [0.25, 0.3) is 189 Å². The SMILES string of the molecule is Cc1cc(-c2ccccn2)ccc1-c1ccccc1-c1cc(Cl)cc(-c2cc(-c3cccc4oc5c(-c6ccc(-c7ccccc7-c7cc(Cl)cc(-c8ccccc8-c8ccc(-c9cccc%10c9oc9ccccc9%10)nc8)c7)cn6)cccc5c34)ccc2-c2ccc(-c3ccccn3)cc2C)c1. The Morgan fingerprint density at radius 2 is 0.627 bits per heavy atom. The maximum absolute atomic E-state index is 7.35. The van der Waals surface area contributed by atoms with Crippen molar-refractivity contribution in [2.75, 3.05) is 0 Å². The number of rotatable bonds is 13. The third-order valence-corrected chi connectivity index (χ3v) is 20.2. The molecule has 0 amide bonds. The highest BCUT2D eigenvalue weighted by atomic mass is 35.5. The molecule has 0 unspecified atom stereocenters. The van der Waals surface area contributed by atoms with Crippen molar-refractivity contribution >= 4 is 67.1 Å². The predicted octanol–water partition coefficient (Wildman–Crippen LogP) is 26.7. The lowest BCUT2D eigenvalue weighted by molar-refractivity contribution is 0.669. The summed E-state index contributed by atoms with van der Waals surface area (Å²) in [5.74, 6) is 0. The summed E-state index contributed by atoms with van der Waals surface area (Å²) in [6, 6.07) is 106. The molecule has 6 nitrogen and oxygen atoms in total. The average molecular weight is 1350 g/mol. The molecule has 18 rings (SSSR count). The van der Waals surface area contributed by atoms with Crippen LogP contribution in [0.3, 0.4) is 0 Å². The number of halogens is 2. The van der Waals surface area contributed by atoms with E-state index in [1.807, 2.05) is 85.5 Å². The van der Waals surface area contributed by atoms with E-state index in [0.29, 0.717) is 10.0 Å². The third-order valence-electron chi connectivity index (χ3n) is 19.7. The van der Waals surface area contributed by atoms with E-state index in [0.717, 1.165) is 200 Å². The molecule has 0 saturated carbocycles. The lowest BCUT2D eigenvalue weighted by Gasteiger charge is -2.18. The molecule has 0 aliphatic rings. The van der Waals surface area contributed by atoms with Crippen molar-refractivity contribution in [2.24, 2.45) is 0 Å². The highest BCUT2D eigenvalue weighted by Gasteiger charge is 2.23. The number of pyridine rings is 4. The van der Waals surface area contributed by atoms with Crippen LogP contribution in [0.4, 0.5) is 0 Å². The molecule has 102 heavy (non-hydrogen) atoms. The number of aromatic nitrogens is 4. The van der Waals surface area contributed by atoms with Crippen LogP contribution in [0.2, 0.25) is 10.0 Å². The van der Waals surface area contributed by atoms with Gasteiger partial charge in [0.25, 0.3) is 0 Å². The zero-order chi connectivity index (χ0) is 68.4. The quantitative estimate of drug-likeness (QED) is 0.114. The van der Waals surface area contributed by atoms with E-state index in [2.05, 4.69) is 261 Å². The van der Waals surface area contributed by atoms with Crippen molar-refractivity contribution in [1.29, 1.82) is 0 Å². The Morgan fingerprint density at radius 3 is 1.16 bits per heavy atom. The third kappa shape index (κ3) is 11.3. The van der Waals surface area contributed by atoms with E-state index in [4.69, 9.17) is 47.0 Å². The molecule has 12 aromatic carbocycles. The minimum absolute atomic E-state index is 0.633. The van der Waals surface area contributed by atoms with Gasteiger partial charge in [-0.15, -0.1) is 0 Å². The smallest absolute Gasteiger partial charge is 0.144 e. The molecule has 0 saturated heterocycles. The first-order valence-corrected chi connectivity index (χ1v) is 34.8. The molecule has 0 aliphatic heterocycles. The van der Waals surface area contributed by atoms with Gasteiger partial charge in [0.15, 0.2) is 0 Å². The Hall–Kier alpha value is -12.6. The molecule has 0 N–H and O–H groups in total. The lowest BCUT2D eigenvalue weighted by atomic mass is 9.86. The normalized spacial score (nSPS) is 11.5. The van der Waals surface area contributed by atoms with Crippen molar-refractivity contribution in [3.8, 4) is 145 Å². The Morgan fingerprint density at radius 1 is 0.235 bits per heavy atom. The maximum atomic E-state index is 7.35. The van der Waals surface area contributed by atoms with Crippen LogP contribution in [-0.2, 0) is 0 Å². The van der Waals surface area contributed by atoms with E-state index in [-0.39, 0.29) is 0 Å². The van der Waals surface area contributed by atoms with Crippen molar-refractivity contribution < 1.29 is 8.83 Å². The number of furan rings is 2. The topological polar surface area (TPSA) is 77.8 Å². The molecule has 0 spiro atoms. The molecular formula is C94H60Cl2N4O2. The van der Waals surface area contributed by atoms with Gasteiger partial charge < -0.3 is 8.83 Å². The summed E-state index contributed by atoms with van der Waals surface area (Å²) in [6.07, 6.45) is 7.59. The summed E-state index contributed by atoms with van der Waals surface area (Å²) in [5.41, 5.74) is 31.8. The predicted molar refractivity (Wildman–Crippen MR) is 422 cm³/mol. The molecule has 0 bridgehead atoms. The van der Waals surface area contributed by atoms with Crippen LogP contribution in [0.5, 0.6) is 0 Å². The molecule has 18 aromatic rings. The monoisotopic (exact) mass is 1350 g/mol. The van der Waals surface area contributed by atoms with Gasteiger partial charge in [0.2, 0.25) is 0 Å². The molecule has 0 fully saturated rings. The number of aryl methyl sites for hydroxylation is 2. The van der Waals surface area contributed by atoms with Gasteiger partial charge in [0.05, 0.1) is 22.8 Å². The number of fused-ring (bicyclic) bond motifs is 6. The Bertz CT molecular complexity index is 6300. The molecule has 6 heterocycles. The standard InChI is InChI=1S/C94H60Cl2N4O2/c1-57-46-60(86-30-11-13-44-97-86)35-39-70(57)78-23-8-7-22-76(78)66-49-67(53-69(96)52-66)85-54-59(34-41-79(85)71-40-36-61(47-58(71)2)87-31-12-14-45-98-87)77-25-17-33-91-92(77)84-29-16-28-83(94(84)102-91)89-43-38-63(56-100-89)73-19-4-6-21-75(73)65-48-64(50-68(95)51-65)74-20-5-3-18-72(74)62-37-42-88(99-55-62)82-27-15-26-81-80-24-9-10-32-90(80)101-93(81)82/h3-56H,1-2H3. The fraction of sp³-hybridized carbons (Fsp3) is 0.0213. The number of hydrogen-bond acceptors (Lipinski definition) is 6. The molecule has 482 valence electrons. The molecular weight excluding hydrogens is 1290 g/mol. The maximum Gasteiger partial charge on any atom is 0.144 e. The van der Waals surface area contributed by atoms with Crippen LogP contribution >= 0.6 is 23.2 Å². The lowest BCUT2D eigenvalue weighted by Crippen LogP contribution is -1.93. The minimum Gasteiger partial charge on any atom is -0.455 e. The van der Waals surface area contributed by atoms with Gasteiger partial charge in [-0.05, 0) is 229 Å². The number of benzene rings is 12. The van der Waals surface area contributed by atoms with Gasteiger partial charge in [0, 0.05) is 89.8 Å². The van der Waals surface area contributed by atoms with E-state index in [9.17, 15) is 0 Å².